The molecule has 0 amide bonds. The van der Waals surface area contributed by atoms with Gasteiger partial charge in [-0.15, -0.1) is 0 Å². The lowest BCUT2D eigenvalue weighted by atomic mass is 10.1. The fourth-order valence-electron chi connectivity index (χ4n) is 1.59. The fourth-order valence-corrected chi connectivity index (χ4v) is 2.24. The quantitative estimate of drug-likeness (QED) is 0.640. The summed E-state index contributed by atoms with van der Waals surface area (Å²) in [5, 5.41) is 0.917. The van der Waals surface area contributed by atoms with Crippen LogP contribution in [0.15, 0.2) is 16.6 Å². The highest BCUT2D eigenvalue weighted by Gasteiger charge is 2.14. The van der Waals surface area contributed by atoms with Gasteiger partial charge in [0.25, 0.3) is 0 Å². The van der Waals surface area contributed by atoms with Crippen LogP contribution in [0.1, 0.15) is 17.5 Å². The number of hydrogen-bond donors (Lipinski definition) is 0. The normalized spacial score (nSPS) is 15.1. The first-order valence-corrected chi connectivity index (χ1v) is 4.92. The van der Waals surface area contributed by atoms with Crippen LogP contribution >= 0.6 is 27.5 Å². The Morgan fingerprint density at radius 3 is 2.91 bits per heavy atom. The molecule has 2 rings (SSSR count). The van der Waals surface area contributed by atoms with E-state index in [1.165, 1.54) is 24.0 Å². The van der Waals surface area contributed by atoms with Crippen molar-refractivity contribution in [3.8, 4) is 0 Å². The summed E-state index contributed by atoms with van der Waals surface area (Å²) in [4.78, 5) is 0. The highest BCUT2D eigenvalue weighted by Crippen LogP contribution is 2.33. The van der Waals surface area contributed by atoms with Gasteiger partial charge in [0.05, 0.1) is 5.02 Å². The van der Waals surface area contributed by atoms with Crippen molar-refractivity contribution in [3.63, 3.8) is 0 Å². The predicted octanol–water partition coefficient (Wildman–Crippen LogP) is 3.59. The lowest BCUT2D eigenvalue weighted by Gasteiger charge is -2.02. The largest absolute Gasteiger partial charge is 0.0828 e. The number of aryl methyl sites for hydroxylation is 1. The summed E-state index contributed by atoms with van der Waals surface area (Å²) in [5.74, 6) is 0. The van der Waals surface area contributed by atoms with Crippen molar-refractivity contribution in [3.05, 3.63) is 32.8 Å². The molecule has 0 saturated carbocycles. The highest BCUT2D eigenvalue weighted by atomic mass is 79.9. The third-order valence-electron chi connectivity index (χ3n) is 2.17. The predicted molar refractivity (Wildman–Crippen MR) is 51.2 cm³/mol. The summed E-state index contributed by atoms with van der Waals surface area (Å²) in [6, 6.07) is 4.20. The number of hydrogen-bond acceptors (Lipinski definition) is 0. The smallest absolute Gasteiger partial charge is 0.0582 e. The monoisotopic (exact) mass is 230 g/mol. The third kappa shape index (κ3) is 1.21. The van der Waals surface area contributed by atoms with Gasteiger partial charge < -0.3 is 0 Å². The van der Waals surface area contributed by atoms with Crippen LogP contribution in [0.2, 0.25) is 5.02 Å². The Kier molecular flexibility index (Phi) is 1.94. The van der Waals surface area contributed by atoms with Gasteiger partial charge in [-0.1, -0.05) is 17.7 Å². The minimum atomic E-state index is 0.917. The Labute approximate surface area is 79.7 Å². The van der Waals surface area contributed by atoms with Crippen LogP contribution in [0.5, 0.6) is 0 Å². The Morgan fingerprint density at radius 1 is 1.27 bits per heavy atom. The molecule has 2 heteroatoms. The first-order chi connectivity index (χ1) is 5.29. The Morgan fingerprint density at radius 2 is 2.09 bits per heavy atom. The summed E-state index contributed by atoms with van der Waals surface area (Å²) < 4.78 is 1.03. The van der Waals surface area contributed by atoms with E-state index < -0.39 is 0 Å². The van der Waals surface area contributed by atoms with Gasteiger partial charge in [0.2, 0.25) is 0 Å². The topological polar surface area (TPSA) is 0 Å². The van der Waals surface area contributed by atoms with Gasteiger partial charge in [0.15, 0.2) is 0 Å². The van der Waals surface area contributed by atoms with Crippen LogP contribution in [0.3, 0.4) is 0 Å². The number of fused-ring (bicyclic) bond motifs is 1. The Hall–Kier alpha value is -0.0100. The second kappa shape index (κ2) is 2.80. The number of benzene rings is 1. The number of halogens is 2. The summed E-state index contributed by atoms with van der Waals surface area (Å²) >= 11 is 9.51. The molecule has 0 unspecified atom stereocenters. The lowest BCUT2D eigenvalue weighted by molar-refractivity contribution is 0.912. The molecule has 1 aromatic carbocycles. The molecule has 0 spiro atoms. The Balaban J connectivity index is 2.62. The zero-order valence-corrected chi connectivity index (χ0v) is 8.37. The van der Waals surface area contributed by atoms with Gasteiger partial charge in [-0.2, -0.15) is 0 Å². The molecule has 58 valence electrons. The van der Waals surface area contributed by atoms with E-state index in [0.29, 0.717) is 0 Å². The fraction of sp³-hybridized carbons (Fsp3) is 0.333. The van der Waals surface area contributed by atoms with Crippen LogP contribution in [-0.2, 0) is 12.8 Å². The first-order valence-electron chi connectivity index (χ1n) is 3.75. The molecule has 1 aliphatic carbocycles. The molecular weight excluding hydrogens is 223 g/mol. The average Bonchev–Trinajstić information content (AvgIpc) is 2.45. The van der Waals surface area contributed by atoms with E-state index in [2.05, 4.69) is 22.0 Å². The SMILES string of the molecule is Clc1c(Br)ccc2c1CCC2. The van der Waals surface area contributed by atoms with Crippen molar-refractivity contribution in [2.75, 3.05) is 0 Å². The van der Waals surface area contributed by atoms with E-state index >= 15 is 0 Å². The van der Waals surface area contributed by atoms with E-state index in [0.717, 1.165) is 15.9 Å². The molecule has 0 aliphatic heterocycles. The van der Waals surface area contributed by atoms with Crippen LogP contribution < -0.4 is 0 Å². The molecule has 0 aromatic heterocycles. The summed E-state index contributed by atoms with van der Waals surface area (Å²) in [5.41, 5.74) is 2.78. The summed E-state index contributed by atoms with van der Waals surface area (Å²) in [7, 11) is 0. The molecule has 0 saturated heterocycles. The van der Waals surface area contributed by atoms with Gasteiger partial charge in [0.1, 0.15) is 0 Å². The molecule has 11 heavy (non-hydrogen) atoms. The molecule has 1 aliphatic rings. The second-order valence-electron chi connectivity index (χ2n) is 2.85. The standard InChI is InChI=1S/C9H8BrCl/c10-8-5-4-6-2-1-3-7(6)9(8)11/h4-5H,1-3H2. The van der Waals surface area contributed by atoms with E-state index in [9.17, 15) is 0 Å². The van der Waals surface area contributed by atoms with Crippen LogP contribution in [0.4, 0.5) is 0 Å². The highest BCUT2D eigenvalue weighted by molar-refractivity contribution is 9.10. The number of rotatable bonds is 0. The maximum absolute atomic E-state index is 6.09. The summed E-state index contributed by atoms with van der Waals surface area (Å²) in [6.45, 7) is 0. The van der Waals surface area contributed by atoms with Crippen LogP contribution in [0, 0.1) is 0 Å². The Bertz CT molecular complexity index is 294. The third-order valence-corrected chi connectivity index (χ3v) is 3.49. The van der Waals surface area contributed by atoms with E-state index in [1.807, 2.05) is 6.07 Å². The van der Waals surface area contributed by atoms with Gasteiger partial charge in [-0.25, -0.2) is 0 Å². The molecule has 0 radical (unpaired) electrons. The first kappa shape index (κ1) is 7.63. The second-order valence-corrected chi connectivity index (χ2v) is 4.08. The maximum Gasteiger partial charge on any atom is 0.0582 e. The van der Waals surface area contributed by atoms with Gasteiger partial charge in [-0.05, 0) is 52.4 Å². The molecule has 0 nitrogen and oxygen atoms in total. The molecule has 0 fully saturated rings. The van der Waals surface area contributed by atoms with Crippen molar-refractivity contribution < 1.29 is 0 Å². The van der Waals surface area contributed by atoms with E-state index in [-0.39, 0.29) is 0 Å². The van der Waals surface area contributed by atoms with Crippen LogP contribution in [0.25, 0.3) is 0 Å². The molecule has 0 bridgehead atoms. The van der Waals surface area contributed by atoms with Crippen molar-refractivity contribution in [2.45, 2.75) is 19.3 Å². The lowest BCUT2D eigenvalue weighted by Crippen LogP contribution is -1.83. The minimum absolute atomic E-state index is 0.917. The van der Waals surface area contributed by atoms with E-state index in [4.69, 9.17) is 11.6 Å². The van der Waals surface area contributed by atoms with Gasteiger partial charge >= 0.3 is 0 Å². The maximum atomic E-state index is 6.09. The zero-order valence-electron chi connectivity index (χ0n) is 6.03. The van der Waals surface area contributed by atoms with Gasteiger partial charge in [-0.3, -0.25) is 0 Å². The van der Waals surface area contributed by atoms with Gasteiger partial charge in [0, 0.05) is 4.47 Å². The minimum Gasteiger partial charge on any atom is -0.0828 e. The molecular formula is C9H8BrCl. The molecule has 0 heterocycles. The zero-order chi connectivity index (χ0) is 7.84. The van der Waals surface area contributed by atoms with Crippen molar-refractivity contribution in [1.82, 2.24) is 0 Å². The van der Waals surface area contributed by atoms with E-state index in [1.54, 1.807) is 0 Å². The molecule has 1 aromatic rings. The molecule has 0 atom stereocenters. The van der Waals surface area contributed by atoms with Crippen molar-refractivity contribution >= 4 is 27.5 Å². The van der Waals surface area contributed by atoms with Crippen LogP contribution in [-0.4, -0.2) is 0 Å². The van der Waals surface area contributed by atoms with Crippen molar-refractivity contribution in [1.29, 1.82) is 0 Å². The summed E-state index contributed by atoms with van der Waals surface area (Å²) in [6.07, 6.45) is 3.60. The molecule has 0 N–H and O–H groups in total. The van der Waals surface area contributed by atoms with Crippen molar-refractivity contribution in [2.24, 2.45) is 0 Å². The average molecular weight is 232 g/mol.